The topological polar surface area (TPSA) is 105 Å². The molecule has 3 fully saturated rings. The van der Waals surface area contributed by atoms with Crippen molar-refractivity contribution < 1.29 is 14.3 Å². The van der Waals surface area contributed by atoms with Gasteiger partial charge in [-0.3, -0.25) is 9.69 Å². The van der Waals surface area contributed by atoms with Gasteiger partial charge >= 0.3 is 0 Å². The van der Waals surface area contributed by atoms with Gasteiger partial charge < -0.3 is 25.0 Å². The quantitative estimate of drug-likeness (QED) is 0.433. The predicted octanol–water partition coefficient (Wildman–Crippen LogP) is 3.02. The van der Waals surface area contributed by atoms with Gasteiger partial charge in [-0.2, -0.15) is 4.98 Å². The number of hydrogen-bond acceptors (Lipinski definition) is 9. The Labute approximate surface area is 228 Å². The Morgan fingerprint density at radius 1 is 1.08 bits per heavy atom. The van der Waals surface area contributed by atoms with Crippen LogP contribution in [0.2, 0.25) is 0 Å². The van der Waals surface area contributed by atoms with E-state index in [1.54, 1.807) is 0 Å². The number of benzene rings is 2. The third-order valence-corrected chi connectivity index (χ3v) is 7.79. The average molecular weight is 530 g/mol. The van der Waals surface area contributed by atoms with Gasteiger partial charge in [-0.15, -0.1) is 0 Å². The van der Waals surface area contributed by atoms with E-state index in [1.807, 2.05) is 25.1 Å². The lowest BCUT2D eigenvalue weighted by Gasteiger charge is -2.43. The van der Waals surface area contributed by atoms with Gasteiger partial charge in [0.1, 0.15) is 12.1 Å². The van der Waals surface area contributed by atoms with Crippen molar-refractivity contribution in [2.45, 2.75) is 25.8 Å². The van der Waals surface area contributed by atoms with Gasteiger partial charge in [-0.1, -0.05) is 0 Å². The largest absolute Gasteiger partial charge is 0.493 e. The first-order valence-electron chi connectivity index (χ1n) is 13.7. The molecule has 1 unspecified atom stereocenters. The van der Waals surface area contributed by atoms with Crippen molar-refractivity contribution >= 4 is 23.2 Å². The van der Waals surface area contributed by atoms with Crippen LogP contribution in [0.25, 0.3) is 11.4 Å². The highest BCUT2D eigenvalue weighted by Gasteiger charge is 2.28. The average Bonchev–Trinajstić information content (AvgIpc) is 3.34. The first-order chi connectivity index (χ1) is 19.1. The van der Waals surface area contributed by atoms with E-state index in [-0.39, 0.29) is 5.91 Å². The first-order valence-corrected chi connectivity index (χ1v) is 13.7. The Balaban J connectivity index is 1.04. The number of carbonyl (C=O) groups excluding carboxylic acids is 1. The molecule has 1 amide bonds. The van der Waals surface area contributed by atoms with E-state index < -0.39 is 0 Å². The number of carbonyl (C=O) groups is 1. The number of aryl methyl sites for hydroxylation is 1. The zero-order valence-corrected chi connectivity index (χ0v) is 22.3. The molecule has 0 spiro atoms. The summed E-state index contributed by atoms with van der Waals surface area (Å²) in [5, 5.41) is 6.18. The predicted molar refractivity (Wildman–Crippen MR) is 149 cm³/mol. The van der Waals surface area contributed by atoms with Crippen LogP contribution < -0.4 is 20.3 Å². The molecule has 1 atom stereocenters. The van der Waals surface area contributed by atoms with Crippen molar-refractivity contribution in [3.8, 4) is 17.1 Å². The minimum atomic E-state index is 0.133. The molecule has 3 aromatic rings. The summed E-state index contributed by atoms with van der Waals surface area (Å²) >= 11 is 0. The molecule has 0 bridgehead atoms. The number of piperazine rings is 1. The zero-order chi connectivity index (χ0) is 26.6. The molecule has 2 aromatic carbocycles. The van der Waals surface area contributed by atoms with Crippen LogP contribution in [0.5, 0.6) is 5.75 Å². The van der Waals surface area contributed by atoms with Gasteiger partial charge in [0.25, 0.3) is 0 Å². The summed E-state index contributed by atoms with van der Waals surface area (Å²) < 4.78 is 11.3. The molecule has 0 radical (unpaired) electrons. The lowest BCUT2D eigenvalue weighted by atomic mass is 10.1. The number of nitrogens with zero attached hydrogens (tertiary/aromatic N) is 5. The fourth-order valence-electron chi connectivity index (χ4n) is 5.31. The highest BCUT2D eigenvalue weighted by atomic mass is 16.5. The number of aromatic nitrogens is 3. The minimum Gasteiger partial charge on any atom is -0.493 e. The molecule has 3 aliphatic rings. The number of anilines is 3. The summed E-state index contributed by atoms with van der Waals surface area (Å²) in [5.74, 6) is 2.42. The maximum atomic E-state index is 11.4. The van der Waals surface area contributed by atoms with Crippen molar-refractivity contribution in [2.75, 3.05) is 62.8 Å². The van der Waals surface area contributed by atoms with Gasteiger partial charge in [0, 0.05) is 56.1 Å². The van der Waals surface area contributed by atoms with Crippen molar-refractivity contribution in [3.63, 3.8) is 0 Å². The number of rotatable bonds is 9. The van der Waals surface area contributed by atoms with E-state index in [0.717, 1.165) is 74.9 Å². The van der Waals surface area contributed by atoms with Crippen LogP contribution in [0.15, 0.2) is 48.8 Å². The van der Waals surface area contributed by atoms with Crippen LogP contribution in [0.1, 0.15) is 18.4 Å². The van der Waals surface area contributed by atoms with E-state index in [4.69, 9.17) is 9.47 Å². The normalized spacial score (nSPS) is 20.0. The van der Waals surface area contributed by atoms with Gasteiger partial charge in [0.05, 0.1) is 25.9 Å². The van der Waals surface area contributed by atoms with Crippen molar-refractivity contribution in [3.05, 3.63) is 54.4 Å². The molecule has 3 saturated heterocycles. The Morgan fingerprint density at radius 2 is 1.90 bits per heavy atom. The van der Waals surface area contributed by atoms with Gasteiger partial charge in [-0.25, -0.2) is 9.97 Å². The van der Waals surface area contributed by atoms with Crippen LogP contribution in [0, 0.1) is 12.8 Å². The lowest BCUT2D eigenvalue weighted by molar-refractivity contribution is -0.119. The van der Waals surface area contributed by atoms with Gasteiger partial charge in [0.15, 0.2) is 5.82 Å². The SMILES string of the molecule is Cc1cc(-c2ncnc(Nc3ccc(N4CCN(C5COC5)CC4)cc3)n2)ccc1OCCC1CNC(=O)C1. The minimum absolute atomic E-state index is 0.133. The smallest absolute Gasteiger partial charge is 0.230 e. The molecule has 204 valence electrons. The van der Waals surface area contributed by atoms with E-state index >= 15 is 0 Å². The summed E-state index contributed by atoms with van der Waals surface area (Å²) in [4.78, 5) is 29.7. The Hall–Kier alpha value is -3.76. The molecule has 0 saturated carbocycles. The summed E-state index contributed by atoms with van der Waals surface area (Å²) in [6.07, 6.45) is 2.98. The van der Waals surface area contributed by atoms with Crippen LogP contribution >= 0.6 is 0 Å². The summed E-state index contributed by atoms with van der Waals surface area (Å²) in [5.41, 5.74) is 4.08. The van der Waals surface area contributed by atoms with E-state index in [2.05, 4.69) is 59.7 Å². The van der Waals surface area contributed by atoms with Crippen molar-refractivity contribution in [2.24, 2.45) is 5.92 Å². The second-order valence-electron chi connectivity index (χ2n) is 10.5. The molecular formula is C29H35N7O3. The van der Waals surface area contributed by atoms with E-state index in [0.29, 0.717) is 36.8 Å². The zero-order valence-electron chi connectivity index (χ0n) is 22.3. The monoisotopic (exact) mass is 529 g/mol. The van der Waals surface area contributed by atoms with Crippen molar-refractivity contribution in [1.29, 1.82) is 0 Å². The van der Waals surface area contributed by atoms with Gasteiger partial charge in [0.2, 0.25) is 11.9 Å². The first kappa shape index (κ1) is 25.5. The van der Waals surface area contributed by atoms with Crippen LogP contribution in [0.4, 0.5) is 17.3 Å². The molecular weight excluding hydrogens is 494 g/mol. The standard InChI is InChI=1S/C29H35N7O3/c1-20-14-22(2-7-26(20)39-13-8-21-15-27(37)30-16-21)28-31-19-32-29(34-28)33-23-3-5-24(6-4-23)35-9-11-36(12-10-35)25-17-38-18-25/h2-7,14,19,21,25H,8-13,15-18H2,1H3,(H,30,37)(H,31,32,33,34). The third-order valence-electron chi connectivity index (χ3n) is 7.79. The fraction of sp³-hybridized carbons (Fsp3) is 0.448. The maximum absolute atomic E-state index is 11.4. The Kier molecular flexibility index (Phi) is 7.55. The van der Waals surface area contributed by atoms with Gasteiger partial charge in [-0.05, 0) is 67.3 Å². The summed E-state index contributed by atoms with van der Waals surface area (Å²) in [6.45, 7) is 9.32. The van der Waals surface area contributed by atoms with E-state index in [1.165, 1.54) is 12.0 Å². The number of nitrogens with one attached hydrogen (secondary N) is 2. The molecule has 10 heteroatoms. The second-order valence-corrected chi connectivity index (χ2v) is 10.5. The second kappa shape index (κ2) is 11.5. The highest BCUT2D eigenvalue weighted by Crippen LogP contribution is 2.26. The van der Waals surface area contributed by atoms with Crippen LogP contribution in [0.3, 0.4) is 0 Å². The summed E-state index contributed by atoms with van der Waals surface area (Å²) in [6, 6.07) is 15.0. The van der Waals surface area contributed by atoms with E-state index in [9.17, 15) is 4.79 Å². The Morgan fingerprint density at radius 3 is 2.59 bits per heavy atom. The number of hydrogen-bond donors (Lipinski definition) is 2. The molecule has 0 aliphatic carbocycles. The van der Waals surface area contributed by atoms with Crippen LogP contribution in [-0.4, -0.2) is 84.3 Å². The molecule has 2 N–H and O–H groups in total. The number of amides is 1. The molecule has 10 nitrogen and oxygen atoms in total. The third kappa shape index (κ3) is 6.12. The molecule has 6 rings (SSSR count). The summed E-state index contributed by atoms with van der Waals surface area (Å²) in [7, 11) is 0. The Bertz CT molecular complexity index is 1290. The highest BCUT2D eigenvalue weighted by molar-refractivity contribution is 5.78. The molecule has 3 aliphatic heterocycles. The van der Waals surface area contributed by atoms with Crippen molar-refractivity contribution in [1.82, 2.24) is 25.2 Å². The lowest BCUT2D eigenvalue weighted by Crippen LogP contribution is -2.56. The maximum Gasteiger partial charge on any atom is 0.230 e. The molecule has 4 heterocycles. The fourth-order valence-corrected chi connectivity index (χ4v) is 5.31. The molecule has 39 heavy (non-hydrogen) atoms. The number of ether oxygens (including phenoxy) is 2. The molecule has 1 aromatic heterocycles. The van der Waals surface area contributed by atoms with Crippen LogP contribution in [-0.2, 0) is 9.53 Å².